The highest BCUT2D eigenvalue weighted by Crippen LogP contribution is 2.28. The summed E-state index contributed by atoms with van der Waals surface area (Å²) in [6.45, 7) is 4.14. The van der Waals surface area contributed by atoms with Crippen LogP contribution < -0.4 is 0 Å². The second-order valence-electron chi connectivity index (χ2n) is 5.26. The van der Waals surface area contributed by atoms with Crippen molar-refractivity contribution < 1.29 is 0 Å². The number of H-pyrrole nitrogens is 1. The van der Waals surface area contributed by atoms with Crippen LogP contribution in [0.3, 0.4) is 0 Å². The van der Waals surface area contributed by atoms with Gasteiger partial charge in [-0.1, -0.05) is 41.4 Å². The number of nitrogens with zero attached hydrogens (tertiary/aromatic N) is 1. The standard InChI is InChI=1S/C17H14Cl2N2S/c1-10-3-4-11(2)16(7-10)21-9-15(20-17(21)22)12-5-6-13(18)14(19)8-12/h3-9H,1-2H3,(H,20,22). The van der Waals surface area contributed by atoms with E-state index in [1.165, 1.54) is 11.1 Å². The maximum atomic E-state index is 6.09. The van der Waals surface area contributed by atoms with Gasteiger partial charge in [0.2, 0.25) is 0 Å². The molecule has 2 nitrogen and oxygen atoms in total. The molecule has 0 saturated carbocycles. The first-order chi connectivity index (χ1) is 10.5. The van der Waals surface area contributed by atoms with Gasteiger partial charge in [-0.15, -0.1) is 0 Å². The van der Waals surface area contributed by atoms with Crippen LogP contribution >= 0.6 is 35.4 Å². The summed E-state index contributed by atoms with van der Waals surface area (Å²) >= 11 is 17.5. The molecule has 0 atom stereocenters. The van der Waals surface area contributed by atoms with E-state index in [1.807, 2.05) is 22.9 Å². The SMILES string of the molecule is Cc1ccc(C)c(-n2cc(-c3ccc(Cl)c(Cl)c3)[nH]c2=S)c1. The van der Waals surface area contributed by atoms with E-state index < -0.39 is 0 Å². The molecule has 3 rings (SSSR count). The third-order valence-electron chi connectivity index (χ3n) is 3.57. The topological polar surface area (TPSA) is 20.7 Å². The first-order valence-electron chi connectivity index (χ1n) is 6.80. The number of hydrogen-bond donors (Lipinski definition) is 1. The lowest BCUT2D eigenvalue weighted by molar-refractivity contribution is 1.01. The summed E-state index contributed by atoms with van der Waals surface area (Å²) in [5.74, 6) is 0. The average molecular weight is 349 g/mol. The molecule has 5 heteroatoms. The summed E-state index contributed by atoms with van der Waals surface area (Å²) in [5, 5.41) is 1.07. The molecular weight excluding hydrogens is 335 g/mol. The van der Waals surface area contributed by atoms with Gasteiger partial charge in [0.05, 0.1) is 21.4 Å². The molecule has 0 saturated heterocycles. The van der Waals surface area contributed by atoms with Crippen molar-refractivity contribution in [3.8, 4) is 16.9 Å². The molecule has 112 valence electrons. The van der Waals surface area contributed by atoms with Crippen LogP contribution in [0.4, 0.5) is 0 Å². The molecule has 0 unspecified atom stereocenters. The number of nitrogens with one attached hydrogen (secondary N) is 1. The Kier molecular flexibility index (Phi) is 4.13. The third kappa shape index (κ3) is 2.84. The van der Waals surface area contributed by atoms with Crippen LogP contribution in [0.1, 0.15) is 11.1 Å². The predicted molar refractivity (Wildman–Crippen MR) is 95.9 cm³/mol. The van der Waals surface area contributed by atoms with Gasteiger partial charge in [0, 0.05) is 11.8 Å². The van der Waals surface area contributed by atoms with Crippen molar-refractivity contribution in [3.05, 3.63) is 68.5 Å². The summed E-state index contributed by atoms with van der Waals surface area (Å²) < 4.78 is 2.63. The number of aryl methyl sites for hydroxylation is 2. The van der Waals surface area contributed by atoms with Crippen LogP contribution in [0.25, 0.3) is 16.9 Å². The van der Waals surface area contributed by atoms with Crippen molar-refractivity contribution in [2.75, 3.05) is 0 Å². The second kappa shape index (κ2) is 5.92. The number of hydrogen-bond acceptors (Lipinski definition) is 1. The van der Waals surface area contributed by atoms with Crippen molar-refractivity contribution in [2.24, 2.45) is 0 Å². The Morgan fingerprint density at radius 3 is 2.50 bits per heavy atom. The third-order valence-corrected chi connectivity index (χ3v) is 4.61. The van der Waals surface area contributed by atoms with Crippen molar-refractivity contribution in [1.82, 2.24) is 9.55 Å². The van der Waals surface area contributed by atoms with Gasteiger partial charge >= 0.3 is 0 Å². The first-order valence-corrected chi connectivity index (χ1v) is 7.97. The van der Waals surface area contributed by atoms with E-state index in [4.69, 9.17) is 35.4 Å². The number of rotatable bonds is 2. The van der Waals surface area contributed by atoms with Crippen molar-refractivity contribution in [2.45, 2.75) is 13.8 Å². The maximum absolute atomic E-state index is 6.09. The van der Waals surface area contributed by atoms with E-state index in [2.05, 4.69) is 37.0 Å². The molecule has 0 aliphatic rings. The fraction of sp³-hybridized carbons (Fsp3) is 0.118. The lowest BCUT2D eigenvalue weighted by atomic mass is 10.1. The highest BCUT2D eigenvalue weighted by atomic mass is 35.5. The zero-order chi connectivity index (χ0) is 15.9. The molecule has 2 aromatic carbocycles. The molecule has 0 fully saturated rings. The molecule has 0 bridgehead atoms. The maximum Gasteiger partial charge on any atom is 0.182 e. The smallest absolute Gasteiger partial charge is 0.182 e. The van der Waals surface area contributed by atoms with E-state index in [-0.39, 0.29) is 0 Å². The lowest BCUT2D eigenvalue weighted by Crippen LogP contribution is -1.96. The molecule has 1 aromatic heterocycles. The minimum absolute atomic E-state index is 0.526. The summed E-state index contributed by atoms with van der Waals surface area (Å²) in [7, 11) is 0. The van der Waals surface area contributed by atoms with Crippen molar-refractivity contribution in [3.63, 3.8) is 0 Å². The van der Waals surface area contributed by atoms with Gasteiger partial charge in [0.1, 0.15) is 0 Å². The Morgan fingerprint density at radius 2 is 1.77 bits per heavy atom. The summed E-state index contributed by atoms with van der Waals surface area (Å²) in [5.41, 5.74) is 5.29. The van der Waals surface area contributed by atoms with Gasteiger partial charge in [-0.25, -0.2) is 0 Å². The fourth-order valence-electron chi connectivity index (χ4n) is 2.36. The van der Waals surface area contributed by atoms with Crippen LogP contribution in [0.2, 0.25) is 10.0 Å². The minimum atomic E-state index is 0.526. The molecule has 0 radical (unpaired) electrons. The molecule has 3 aromatic rings. The number of aromatic nitrogens is 2. The summed E-state index contributed by atoms with van der Waals surface area (Å²) in [6, 6.07) is 11.8. The Morgan fingerprint density at radius 1 is 1.00 bits per heavy atom. The molecule has 0 amide bonds. The van der Waals surface area contributed by atoms with Crippen LogP contribution in [-0.2, 0) is 0 Å². The highest BCUT2D eigenvalue weighted by molar-refractivity contribution is 7.71. The van der Waals surface area contributed by atoms with Gasteiger partial charge < -0.3 is 4.98 Å². The van der Waals surface area contributed by atoms with Gasteiger partial charge in [-0.05, 0) is 55.4 Å². The zero-order valence-electron chi connectivity index (χ0n) is 12.2. The lowest BCUT2D eigenvalue weighted by Gasteiger charge is -2.07. The van der Waals surface area contributed by atoms with Gasteiger partial charge in [0.25, 0.3) is 0 Å². The Hall–Kier alpha value is -1.55. The van der Waals surface area contributed by atoms with Gasteiger partial charge in [-0.2, -0.15) is 0 Å². The fourth-order valence-corrected chi connectivity index (χ4v) is 2.92. The monoisotopic (exact) mass is 348 g/mol. The van der Waals surface area contributed by atoms with E-state index in [9.17, 15) is 0 Å². The van der Waals surface area contributed by atoms with Gasteiger partial charge in [-0.3, -0.25) is 4.57 Å². The molecule has 1 N–H and O–H groups in total. The quantitative estimate of drug-likeness (QED) is 0.552. The van der Waals surface area contributed by atoms with E-state index >= 15 is 0 Å². The highest BCUT2D eigenvalue weighted by Gasteiger charge is 2.09. The second-order valence-corrected chi connectivity index (χ2v) is 6.46. The van der Waals surface area contributed by atoms with Crippen LogP contribution in [0.15, 0.2) is 42.6 Å². The Bertz CT molecular complexity index is 909. The Balaban J connectivity index is 2.13. The number of benzene rings is 2. The normalized spacial score (nSPS) is 10.9. The van der Waals surface area contributed by atoms with Gasteiger partial charge in [0.15, 0.2) is 4.77 Å². The van der Waals surface area contributed by atoms with Crippen molar-refractivity contribution in [1.29, 1.82) is 0 Å². The van der Waals surface area contributed by atoms with Crippen LogP contribution in [0.5, 0.6) is 0 Å². The van der Waals surface area contributed by atoms with E-state index in [0.29, 0.717) is 14.8 Å². The minimum Gasteiger partial charge on any atom is -0.330 e. The largest absolute Gasteiger partial charge is 0.330 e. The number of halogens is 2. The molecule has 0 aliphatic carbocycles. The Labute approximate surface area is 144 Å². The predicted octanol–water partition coefficient (Wildman–Crippen LogP) is 6.13. The molecule has 0 aliphatic heterocycles. The summed E-state index contributed by atoms with van der Waals surface area (Å²) in [4.78, 5) is 3.23. The number of aromatic amines is 1. The van der Waals surface area contributed by atoms with E-state index in [0.717, 1.165) is 16.9 Å². The average Bonchev–Trinajstić information content (AvgIpc) is 2.86. The molecule has 1 heterocycles. The summed E-state index contributed by atoms with van der Waals surface area (Å²) in [6.07, 6.45) is 1.99. The molecule has 22 heavy (non-hydrogen) atoms. The van der Waals surface area contributed by atoms with Crippen LogP contribution in [-0.4, -0.2) is 9.55 Å². The number of imidazole rings is 1. The zero-order valence-corrected chi connectivity index (χ0v) is 14.5. The van der Waals surface area contributed by atoms with Crippen molar-refractivity contribution >= 4 is 35.4 Å². The van der Waals surface area contributed by atoms with Crippen LogP contribution in [0, 0.1) is 18.6 Å². The van der Waals surface area contributed by atoms with E-state index in [1.54, 1.807) is 6.07 Å². The molecular formula is C17H14Cl2N2S. The molecule has 0 spiro atoms. The first kappa shape index (κ1) is 15.3.